The van der Waals surface area contributed by atoms with Gasteiger partial charge in [-0.1, -0.05) is 29.3 Å². The minimum atomic E-state index is -0.180. The molecule has 4 unspecified atom stereocenters. The second-order valence-corrected chi connectivity index (χ2v) is 11.3. The number of nitrogens with one attached hydrogen (secondary N) is 2. The second-order valence-electron chi connectivity index (χ2n) is 10.5. The third-order valence-electron chi connectivity index (χ3n) is 8.54. The normalized spacial score (nSPS) is 31.1. The largest absolute Gasteiger partial charge is 0.370 e. The van der Waals surface area contributed by atoms with Crippen LogP contribution >= 0.6 is 23.2 Å². The molecule has 5 atom stereocenters. The first kappa shape index (κ1) is 23.0. The Morgan fingerprint density at radius 2 is 1.91 bits per heavy atom. The van der Waals surface area contributed by atoms with E-state index in [0.29, 0.717) is 27.5 Å². The SMILES string of the molecule is C[C@@H](OC1CCC2NNC(c3ccc(N4CC5(CCN5C)C4)nc3)C2C1)c1c(Cl)cncc1Cl. The van der Waals surface area contributed by atoms with Gasteiger partial charge < -0.3 is 9.64 Å². The number of likely N-dealkylation sites (N-methyl/N-ethyl adjacent to an activating group) is 1. The van der Waals surface area contributed by atoms with Gasteiger partial charge in [-0.05, 0) is 57.2 Å². The number of hydrogen-bond acceptors (Lipinski definition) is 7. The number of likely N-dealkylation sites (tertiary alicyclic amines) is 1. The Morgan fingerprint density at radius 1 is 1.12 bits per heavy atom. The van der Waals surface area contributed by atoms with Gasteiger partial charge in [0.15, 0.2) is 0 Å². The molecule has 2 aromatic rings. The summed E-state index contributed by atoms with van der Waals surface area (Å²) in [6.45, 7) is 5.42. The molecular weight excluding hydrogens is 471 g/mol. The van der Waals surface area contributed by atoms with Crippen LogP contribution in [0.25, 0.3) is 0 Å². The van der Waals surface area contributed by atoms with E-state index in [2.05, 4.69) is 51.0 Å². The monoisotopic (exact) mass is 502 g/mol. The molecule has 0 bridgehead atoms. The zero-order valence-corrected chi connectivity index (χ0v) is 21.2. The van der Waals surface area contributed by atoms with Gasteiger partial charge in [-0.25, -0.2) is 10.4 Å². The van der Waals surface area contributed by atoms with Gasteiger partial charge in [0, 0.05) is 49.8 Å². The first-order valence-corrected chi connectivity index (χ1v) is 13.1. The van der Waals surface area contributed by atoms with E-state index >= 15 is 0 Å². The standard InChI is InChI=1S/C25H32Cl2N6O/c1-15(23-19(26)11-28-12-20(23)27)34-17-4-5-21-18(9-17)24(31-30-21)16-3-6-22(29-10-16)33-13-25(14-33)7-8-32(25)2/h3,6,10-12,15,17-18,21,24,30-31H,4-5,7-9,13-14H2,1-2H3/t15-,17?,18?,21?,24?/m1/s1. The number of pyridine rings is 2. The number of ether oxygens (including phenoxy) is 1. The molecule has 7 nitrogen and oxygen atoms in total. The van der Waals surface area contributed by atoms with E-state index in [9.17, 15) is 0 Å². The van der Waals surface area contributed by atoms with Crippen LogP contribution in [0.15, 0.2) is 30.7 Å². The second kappa shape index (κ2) is 8.87. The number of fused-ring (bicyclic) bond motifs is 1. The van der Waals surface area contributed by atoms with E-state index in [4.69, 9.17) is 32.9 Å². The zero-order valence-electron chi connectivity index (χ0n) is 19.7. The molecule has 1 aliphatic carbocycles. The molecule has 34 heavy (non-hydrogen) atoms. The summed E-state index contributed by atoms with van der Waals surface area (Å²) in [5.74, 6) is 1.53. The van der Waals surface area contributed by atoms with Crippen LogP contribution in [0.1, 0.15) is 55.9 Å². The predicted molar refractivity (Wildman–Crippen MR) is 134 cm³/mol. The van der Waals surface area contributed by atoms with Crippen LogP contribution in [-0.4, -0.2) is 59.2 Å². The van der Waals surface area contributed by atoms with Gasteiger partial charge in [0.2, 0.25) is 0 Å². The summed E-state index contributed by atoms with van der Waals surface area (Å²) in [6.07, 6.45) is 9.64. The average Bonchev–Trinajstić information content (AvgIpc) is 3.21. The van der Waals surface area contributed by atoms with Crippen molar-refractivity contribution >= 4 is 29.0 Å². The Bertz CT molecular complexity index is 1030. The van der Waals surface area contributed by atoms with Crippen molar-refractivity contribution in [3.63, 3.8) is 0 Å². The molecule has 9 heteroatoms. The summed E-state index contributed by atoms with van der Waals surface area (Å²) in [5, 5.41) is 1.11. The molecule has 1 saturated carbocycles. The van der Waals surface area contributed by atoms with E-state index in [0.717, 1.165) is 43.7 Å². The fourth-order valence-corrected chi connectivity index (χ4v) is 6.96. The Morgan fingerprint density at radius 3 is 2.56 bits per heavy atom. The van der Waals surface area contributed by atoms with E-state index in [1.54, 1.807) is 12.4 Å². The Hall–Kier alpha value is -1.48. The maximum absolute atomic E-state index is 6.47. The number of aromatic nitrogens is 2. The first-order valence-electron chi connectivity index (χ1n) is 12.3. The lowest BCUT2D eigenvalue weighted by Gasteiger charge is -2.62. The number of hydrogen-bond donors (Lipinski definition) is 2. The van der Waals surface area contributed by atoms with Crippen LogP contribution in [0.4, 0.5) is 5.82 Å². The van der Waals surface area contributed by atoms with Crippen LogP contribution in [0.5, 0.6) is 0 Å². The van der Waals surface area contributed by atoms with Gasteiger partial charge in [-0.2, -0.15) is 0 Å². The summed E-state index contributed by atoms with van der Waals surface area (Å²) in [7, 11) is 2.23. The van der Waals surface area contributed by atoms with Crippen molar-refractivity contribution in [3.05, 3.63) is 51.9 Å². The van der Waals surface area contributed by atoms with Crippen LogP contribution < -0.4 is 15.8 Å². The van der Waals surface area contributed by atoms with Gasteiger partial charge in [-0.3, -0.25) is 15.3 Å². The highest BCUT2D eigenvalue weighted by molar-refractivity contribution is 6.35. The van der Waals surface area contributed by atoms with Crippen molar-refractivity contribution in [2.75, 3.05) is 31.6 Å². The molecule has 3 saturated heterocycles. The van der Waals surface area contributed by atoms with Crippen molar-refractivity contribution in [2.24, 2.45) is 5.92 Å². The van der Waals surface area contributed by atoms with Crippen LogP contribution in [0, 0.1) is 5.92 Å². The first-order chi connectivity index (χ1) is 16.4. The molecule has 4 aliphatic rings. The number of nitrogens with zero attached hydrogens (tertiary/aromatic N) is 4. The summed E-state index contributed by atoms with van der Waals surface area (Å²) < 4.78 is 6.47. The minimum absolute atomic E-state index is 0.157. The van der Waals surface area contributed by atoms with Gasteiger partial charge >= 0.3 is 0 Å². The molecule has 5 heterocycles. The lowest BCUT2D eigenvalue weighted by molar-refractivity contribution is -0.0370. The third kappa shape index (κ3) is 3.91. The van der Waals surface area contributed by atoms with Crippen molar-refractivity contribution in [1.82, 2.24) is 25.7 Å². The average molecular weight is 503 g/mol. The van der Waals surface area contributed by atoms with E-state index in [1.165, 1.54) is 18.5 Å². The predicted octanol–water partition coefficient (Wildman–Crippen LogP) is 4.14. The Labute approximate surface area is 211 Å². The molecule has 2 aromatic heterocycles. The number of rotatable bonds is 5. The van der Waals surface area contributed by atoms with Crippen LogP contribution in [-0.2, 0) is 4.74 Å². The van der Waals surface area contributed by atoms with Crippen molar-refractivity contribution in [3.8, 4) is 0 Å². The summed E-state index contributed by atoms with van der Waals surface area (Å²) in [6, 6.07) is 5.09. The quantitative estimate of drug-likeness (QED) is 0.636. The molecular formula is C25H32Cl2N6O. The number of halogens is 2. The Kier molecular flexibility index (Phi) is 5.99. The molecule has 182 valence electrons. The van der Waals surface area contributed by atoms with Gasteiger partial charge in [-0.15, -0.1) is 0 Å². The molecule has 2 N–H and O–H groups in total. The van der Waals surface area contributed by atoms with Gasteiger partial charge in [0.1, 0.15) is 5.82 Å². The highest BCUT2D eigenvalue weighted by Gasteiger charge is 2.52. The highest BCUT2D eigenvalue weighted by atomic mass is 35.5. The molecule has 0 aromatic carbocycles. The fraction of sp³-hybridized carbons (Fsp3) is 0.600. The molecule has 1 spiro atoms. The highest BCUT2D eigenvalue weighted by Crippen LogP contribution is 2.42. The zero-order chi connectivity index (χ0) is 23.4. The summed E-state index contributed by atoms with van der Waals surface area (Å²) >= 11 is 12.7. The number of hydrazine groups is 1. The molecule has 6 rings (SSSR count). The van der Waals surface area contributed by atoms with Crippen molar-refractivity contribution in [1.29, 1.82) is 0 Å². The van der Waals surface area contributed by atoms with E-state index in [1.807, 2.05) is 6.92 Å². The molecule has 0 radical (unpaired) electrons. The fourth-order valence-electron chi connectivity index (χ4n) is 6.28. The third-order valence-corrected chi connectivity index (χ3v) is 9.15. The lowest BCUT2D eigenvalue weighted by Crippen LogP contribution is -2.76. The topological polar surface area (TPSA) is 65.6 Å². The summed E-state index contributed by atoms with van der Waals surface area (Å²) in [5.41, 5.74) is 9.51. The maximum atomic E-state index is 6.47. The van der Waals surface area contributed by atoms with Crippen molar-refractivity contribution in [2.45, 2.75) is 62.4 Å². The molecule has 4 fully saturated rings. The van der Waals surface area contributed by atoms with Crippen molar-refractivity contribution < 1.29 is 4.74 Å². The Balaban J connectivity index is 1.10. The van der Waals surface area contributed by atoms with Gasteiger partial charge in [0.25, 0.3) is 0 Å². The van der Waals surface area contributed by atoms with E-state index < -0.39 is 0 Å². The smallest absolute Gasteiger partial charge is 0.128 e. The molecule has 3 aliphatic heterocycles. The summed E-state index contributed by atoms with van der Waals surface area (Å²) in [4.78, 5) is 13.8. The van der Waals surface area contributed by atoms with Crippen LogP contribution in [0.3, 0.4) is 0 Å². The minimum Gasteiger partial charge on any atom is -0.370 e. The van der Waals surface area contributed by atoms with Crippen LogP contribution in [0.2, 0.25) is 10.0 Å². The lowest BCUT2D eigenvalue weighted by atomic mass is 9.78. The van der Waals surface area contributed by atoms with Gasteiger partial charge in [0.05, 0.1) is 33.8 Å². The molecule has 0 amide bonds. The maximum Gasteiger partial charge on any atom is 0.128 e. The number of anilines is 1. The van der Waals surface area contributed by atoms with E-state index in [-0.39, 0.29) is 18.2 Å².